The molecule has 0 aliphatic heterocycles. The van der Waals surface area contributed by atoms with Gasteiger partial charge < -0.3 is 4.57 Å². The monoisotopic (exact) mass is 193 g/mol. The van der Waals surface area contributed by atoms with Crippen molar-refractivity contribution in [2.45, 2.75) is 13.3 Å². The maximum Gasteiger partial charge on any atom is 0.173 e. The van der Waals surface area contributed by atoms with Crippen LogP contribution < -0.4 is 0 Å². The second kappa shape index (κ2) is 3.30. The Bertz CT molecular complexity index is 402. The van der Waals surface area contributed by atoms with E-state index in [9.17, 15) is 0 Å². The van der Waals surface area contributed by atoms with Gasteiger partial charge in [0.2, 0.25) is 0 Å². The number of rotatable bonds is 2. The van der Waals surface area contributed by atoms with Gasteiger partial charge in [0.15, 0.2) is 5.82 Å². The molecule has 0 bridgehead atoms. The summed E-state index contributed by atoms with van der Waals surface area (Å²) in [5.74, 6) is 0.949. The molecule has 2 aromatic rings. The molecular formula is C9H11N3S. The van der Waals surface area contributed by atoms with Crippen LogP contribution in [0.1, 0.15) is 11.8 Å². The Hall–Kier alpha value is -1.16. The summed E-state index contributed by atoms with van der Waals surface area (Å²) >= 11 is 1.78. The van der Waals surface area contributed by atoms with Crippen LogP contribution in [-0.2, 0) is 13.5 Å². The van der Waals surface area contributed by atoms with Gasteiger partial charge in [-0.3, -0.25) is 0 Å². The highest BCUT2D eigenvalue weighted by Gasteiger charge is 2.06. The molecule has 2 rings (SSSR count). The van der Waals surface area contributed by atoms with Crippen molar-refractivity contribution in [1.29, 1.82) is 0 Å². The lowest BCUT2D eigenvalue weighted by Crippen LogP contribution is -1.87. The minimum atomic E-state index is 0.949. The summed E-state index contributed by atoms with van der Waals surface area (Å²) in [6.07, 6.45) is 2.81. The van der Waals surface area contributed by atoms with E-state index in [1.54, 1.807) is 17.7 Å². The largest absolute Gasteiger partial charge is 0.316 e. The Labute approximate surface area is 81.1 Å². The molecule has 0 amide bonds. The van der Waals surface area contributed by atoms with Crippen LogP contribution >= 0.6 is 11.3 Å². The Kier molecular flexibility index (Phi) is 2.14. The number of hydrogen-bond acceptors (Lipinski definition) is 3. The molecule has 4 heteroatoms. The summed E-state index contributed by atoms with van der Waals surface area (Å²) in [7, 11) is 1.96. The lowest BCUT2D eigenvalue weighted by Gasteiger charge is -1.94. The summed E-state index contributed by atoms with van der Waals surface area (Å²) in [6, 6.07) is 4.25. The molecule has 0 aromatic carbocycles. The number of aryl methyl sites for hydroxylation is 2. The zero-order valence-electron chi connectivity index (χ0n) is 7.69. The molecular weight excluding hydrogens is 182 g/mol. The number of aromatic nitrogens is 3. The average molecular weight is 193 g/mol. The van der Waals surface area contributed by atoms with Gasteiger partial charge in [-0.2, -0.15) is 0 Å². The molecule has 0 spiro atoms. The van der Waals surface area contributed by atoms with E-state index < -0.39 is 0 Å². The van der Waals surface area contributed by atoms with Crippen molar-refractivity contribution in [2.75, 3.05) is 0 Å². The Morgan fingerprint density at radius 3 is 2.85 bits per heavy atom. The van der Waals surface area contributed by atoms with Crippen LogP contribution in [0.5, 0.6) is 0 Å². The first-order valence-corrected chi connectivity index (χ1v) is 5.06. The van der Waals surface area contributed by atoms with Crippen LogP contribution in [0.2, 0.25) is 0 Å². The van der Waals surface area contributed by atoms with E-state index in [2.05, 4.69) is 29.3 Å². The predicted molar refractivity (Wildman–Crippen MR) is 53.7 cm³/mol. The fourth-order valence-corrected chi connectivity index (χ4v) is 2.17. The molecule has 0 N–H and O–H groups in total. The SMILES string of the molecule is CCc1ccc(-c2nncn2C)s1. The van der Waals surface area contributed by atoms with Crippen LogP contribution in [0.15, 0.2) is 18.5 Å². The summed E-state index contributed by atoms with van der Waals surface area (Å²) in [5.41, 5.74) is 0. The van der Waals surface area contributed by atoms with Gasteiger partial charge in [0, 0.05) is 11.9 Å². The summed E-state index contributed by atoms with van der Waals surface area (Å²) in [5, 5.41) is 7.91. The van der Waals surface area contributed by atoms with Crippen LogP contribution in [0.3, 0.4) is 0 Å². The molecule has 0 fully saturated rings. The smallest absolute Gasteiger partial charge is 0.173 e. The van der Waals surface area contributed by atoms with Gasteiger partial charge >= 0.3 is 0 Å². The van der Waals surface area contributed by atoms with E-state index >= 15 is 0 Å². The average Bonchev–Trinajstić information content (AvgIpc) is 2.71. The van der Waals surface area contributed by atoms with E-state index in [0.29, 0.717) is 0 Å². The normalized spacial score (nSPS) is 10.6. The van der Waals surface area contributed by atoms with Gasteiger partial charge in [-0.1, -0.05) is 6.92 Å². The quantitative estimate of drug-likeness (QED) is 0.731. The van der Waals surface area contributed by atoms with Crippen LogP contribution in [0, 0.1) is 0 Å². The maximum absolute atomic E-state index is 4.06. The summed E-state index contributed by atoms with van der Waals surface area (Å²) in [4.78, 5) is 2.58. The number of nitrogens with zero attached hydrogens (tertiary/aromatic N) is 3. The molecule has 13 heavy (non-hydrogen) atoms. The van der Waals surface area contributed by atoms with Crippen molar-refractivity contribution in [2.24, 2.45) is 7.05 Å². The van der Waals surface area contributed by atoms with Crippen molar-refractivity contribution in [3.8, 4) is 10.7 Å². The lowest BCUT2D eigenvalue weighted by atomic mass is 10.3. The third-order valence-corrected chi connectivity index (χ3v) is 3.17. The third-order valence-electron chi connectivity index (χ3n) is 1.94. The topological polar surface area (TPSA) is 30.7 Å². The fraction of sp³-hybridized carbons (Fsp3) is 0.333. The molecule has 3 nitrogen and oxygen atoms in total. The van der Waals surface area contributed by atoms with Crippen molar-refractivity contribution < 1.29 is 0 Å². The van der Waals surface area contributed by atoms with Crippen molar-refractivity contribution in [3.05, 3.63) is 23.3 Å². The number of hydrogen-bond donors (Lipinski definition) is 0. The zero-order chi connectivity index (χ0) is 9.26. The first-order chi connectivity index (χ1) is 6.31. The minimum Gasteiger partial charge on any atom is -0.316 e. The Morgan fingerprint density at radius 1 is 1.46 bits per heavy atom. The van der Waals surface area contributed by atoms with Crippen molar-refractivity contribution in [3.63, 3.8) is 0 Å². The summed E-state index contributed by atoms with van der Waals surface area (Å²) in [6.45, 7) is 2.16. The highest BCUT2D eigenvalue weighted by atomic mass is 32.1. The van der Waals surface area contributed by atoms with Gasteiger partial charge in [0.1, 0.15) is 6.33 Å². The molecule has 2 heterocycles. The Morgan fingerprint density at radius 2 is 2.31 bits per heavy atom. The van der Waals surface area contributed by atoms with E-state index in [4.69, 9.17) is 0 Å². The van der Waals surface area contributed by atoms with E-state index in [1.165, 1.54) is 9.75 Å². The minimum absolute atomic E-state index is 0.949. The molecule has 0 aliphatic carbocycles. The van der Waals surface area contributed by atoms with E-state index in [0.717, 1.165) is 12.2 Å². The summed E-state index contributed by atoms with van der Waals surface area (Å²) < 4.78 is 1.94. The second-order valence-electron chi connectivity index (χ2n) is 2.88. The van der Waals surface area contributed by atoms with Crippen LogP contribution in [-0.4, -0.2) is 14.8 Å². The van der Waals surface area contributed by atoms with Gasteiger partial charge in [-0.25, -0.2) is 0 Å². The molecule has 0 radical (unpaired) electrons. The highest BCUT2D eigenvalue weighted by Crippen LogP contribution is 2.25. The van der Waals surface area contributed by atoms with Gasteiger partial charge in [0.25, 0.3) is 0 Å². The lowest BCUT2D eigenvalue weighted by molar-refractivity contribution is 0.922. The van der Waals surface area contributed by atoms with E-state index in [1.807, 2.05) is 11.6 Å². The third kappa shape index (κ3) is 1.49. The van der Waals surface area contributed by atoms with Crippen LogP contribution in [0.4, 0.5) is 0 Å². The molecule has 0 saturated carbocycles. The van der Waals surface area contributed by atoms with Crippen molar-refractivity contribution in [1.82, 2.24) is 14.8 Å². The molecule has 0 atom stereocenters. The molecule has 0 unspecified atom stereocenters. The molecule has 2 aromatic heterocycles. The van der Waals surface area contributed by atoms with Crippen molar-refractivity contribution >= 4 is 11.3 Å². The van der Waals surface area contributed by atoms with E-state index in [-0.39, 0.29) is 0 Å². The first kappa shape index (κ1) is 8.44. The van der Waals surface area contributed by atoms with Gasteiger partial charge in [-0.15, -0.1) is 21.5 Å². The second-order valence-corrected chi connectivity index (χ2v) is 4.05. The van der Waals surface area contributed by atoms with Gasteiger partial charge in [0.05, 0.1) is 4.88 Å². The fourth-order valence-electron chi connectivity index (χ4n) is 1.19. The van der Waals surface area contributed by atoms with Gasteiger partial charge in [-0.05, 0) is 18.6 Å². The van der Waals surface area contributed by atoms with Crippen LogP contribution in [0.25, 0.3) is 10.7 Å². The highest BCUT2D eigenvalue weighted by molar-refractivity contribution is 7.15. The predicted octanol–water partition coefficient (Wildman–Crippen LogP) is 2.11. The maximum atomic E-state index is 4.06. The zero-order valence-corrected chi connectivity index (χ0v) is 8.51. The Balaban J connectivity index is 2.41. The number of thiophene rings is 1. The standard InChI is InChI=1S/C9H11N3S/c1-3-7-4-5-8(13-7)9-11-10-6-12(9)2/h4-6H,3H2,1-2H3. The first-order valence-electron chi connectivity index (χ1n) is 4.24. The molecule has 0 aliphatic rings. The molecule has 68 valence electrons. The molecule has 0 saturated heterocycles.